The van der Waals surface area contributed by atoms with Gasteiger partial charge in [0.15, 0.2) is 15.0 Å². The number of sulfone groups is 1. The van der Waals surface area contributed by atoms with Crippen LogP contribution in [0, 0.1) is 0 Å². The zero-order valence-corrected chi connectivity index (χ0v) is 18.3. The first-order valence-corrected chi connectivity index (χ1v) is 12.5. The van der Waals surface area contributed by atoms with Gasteiger partial charge in [-0.1, -0.05) is 42.1 Å². The number of aliphatic imine (C=N–C) groups is 1. The summed E-state index contributed by atoms with van der Waals surface area (Å²) in [7, 11) is -3.25. The molecule has 0 spiro atoms. The molecule has 0 radical (unpaired) electrons. The van der Waals surface area contributed by atoms with Gasteiger partial charge in [0.1, 0.15) is 5.75 Å². The predicted molar refractivity (Wildman–Crippen MR) is 117 cm³/mol. The van der Waals surface area contributed by atoms with Gasteiger partial charge in [-0.05, 0) is 36.2 Å². The minimum Gasteiger partial charge on any atom is -0.406 e. The number of rotatable bonds is 5. The van der Waals surface area contributed by atoms with Crippen LogP contribution < -0.4 is 9.64 Å². The molecule has 11 heteroatoms. The van der Waals surface area contributed by atoms with E-state index in [1.54, 1.807) is 4.90 Å². The molecule has 0 aromatic heterocycles. The number of fused-ring (bicyclic) bond motifs is 1. The second kappa shape index (κ2) is 8.78. The quantitative estimate of drug-likeness (QED) is 0.642. The number of amides is 1. The van der Waals surface area contributed by atoms with Crippen LogP contribution in [0.2, 0.25) is 0 Å². The molecule has 2 atom stereocenters. The Morgan fingerprint density at radius 3 is 2.44 bits per heavy atom. The van der Waals surface area contributed by atoms with Crippen molar-refractivity contribution in [2.75, 3.05) is 16.4 Å². The van der Waals surface area contributed by atoms with Gasteiger partial charge in [-0.25, -0.2) is 8.42 Å². The molecule has 2 fully saturated rings. The fraction of sp³-hybridized carbons (Fsp3) is 0.333. The molecule has 170 valence electrons. The Bertz CT molecular complexity index is 1120. The largest absolute Gasteiger partial charge is 0.573 e. The molecule has 2 heterocycles. The van der Waals surface area contributed by atoms with E-state index in [1.807, 2.05) is 30.3 Å². The standard InChI is InChI=1S/C21H19F3N2O4S2/c22-21(23,24)30-16-9-7-15(8-10-16)26-17-12-32(28,29)13-18(17)31-20(26)25-19(27)11-6-14-4-2-1-3-5-14/h1-5,7-10,17-18H,6,11-13H2/t17-,18-/m1/s1. The maximum atomic E-state index is 12.5. The van der Waals surface area contributed by atoms with Gasteiger partial charge >= 0.3 is 6.36 Å². The molecule has 6 nitrogen and oxygen atoms in total. The number of hydrogen-bond donors (Lipinski definition) is 0. The van der Waals surface area contributed by atoms with Crippen LogP contribution in [0.4, 0.5) is 18.9 Å². The van der Waals surface area contributed by atoms with E-state index >= 15 is 0 Å². The molecule has 0 aliphatic carbocycles. The Morgan fingerprint density at radius 1 is 1.09 bits per heavy atom. The number of carbonyl (C=O) groups is 1. The number of thioether (sulfide) groups is 1. The second-order valence-corrected chi connectivity index (χ2v) is 10.8. The maximum Gasteiger partial charge on any atom is 0.573 e. The van der Waals surface area contributed by atoms with E-state index in [4.69, 9.17) is 0 Å². The minimum absolute atomic E-state index is 0.0364. The lowest BCUT2D eigenvalue weighted by Gasteiger charge is -2.24. The van der Waals surface area contributed by atoms with E-state index < -0.39 is 22.2 Å². The van der Waals surface area contributed by atoms with Crippen molar-refractivity contribution >= 4 is 38.4 Å². The van der Waals surface area contributed by atoms with Crippen LogP contribution in [0.5, 0.6) is 5.75 Å². The van der Waals surface area contributed by atoms with Crippen LogP contribution in [0.1, 0.15) is 12.0 Å². The molecule has 0 N–H and O–H groups in total. The summed E-state index contributed by atoms with van der Waals surface area (Å²) < 4.78 is 65.5. The molecule has 4 rings (SSSR count). The van der Waals surface area contributed by atoms with Crippen molar-refractivity contribution in [1.29, 1.82) is 0 Å². The number of ether oxygens (including phenoxy) is 1. The van der Waals surface area contributed by atoms with E-state index in [9.17, 15) is 26.4 Å². The lowest BCUT2D eigenvalue weighted by Crippen LogP contribution is -2.37. The highest BCUT2D eigenvalue weighted by molar-refractivity contribution is 8.16. The Balaban J connectivity index is 1.56. The third-order valence-electron chi connectivity index (χ3n) is 5.11. The predicted octanol–water partition coefficient (Wildman–Crippen LogP) is 3.82. The monoisotopic (exact) mass is 484 g/mol. The normalized spacial score (nSPS) is 23.3. The van der Waals surface area contributed by atoms with Gasteiger partial charge in [0.05, 0.1) is 17.5 Å². The molecule has 1 amide bonds. The molecule has 0 unspecified atom stereocenters. The number of aryl methyl sites for hydroxylation is 1. The van der Waals surface area contributed by atoms with Gasteiger partial charge in [0.25, 0.3) is 0 Å². The smallest absolute Gasteiger partial charge is 0.406 e. The first kappa shape index (κ1) is 22.7. The zero-order chi connectivity index (χ0) is 22.9. The van der Waals surface area contributed by atoms with E-state index in [0.717, 1.165) is 17.7 Å². The van der Waals surface area contributed by atoms with Gasteiger partial charge in [-0.15, -0.1) is 13.2 Å². The molecule has 2 aromatic carbocycles. The summed E-state index contributed by atoms with van der Waals surface area (Å²) in [6, 6.07) is 14.1. The van der Waals surface area contributed by atoms with Gasteiger partial charge in [-0.2, -0.15) is 4.99 Å². The summed E-state index contributed by atoms with van der Waals surface area (Å²) in [5.74, 6) is -0.879. The molecule has 2 aromatic rings. The van der Waals surface area contributed by atoms with Crippen molar-refractivity contribution in [2.24, 2.45) is 4.99 Å². The van der Waals surface area contributed by atoms with Gasteiger partial charge < -0.3 is 9.64 Å². The number of nitrogens with zero attached hydrogens (tertiary/aromatic N) is 2. The lowest BCUT2D eigenvalue weighted by atomic mass is 10.1. The highest BCUT2D eigenvalue weighted by Gasteiger charge is 2.49. The van der Waals surface area contributed by atoms with Gasteiger partial charge in [0.2, 0.25) is 5.91 Å². The average Bonchev–Trinajstić information content (AvgIpc) is 3.17. The topological polar surface area (TPSA) is 76.0 Å². The number of alkyl halides is 3. The maximum absolute atomic E-state index is 12.5. The lowest BCUT2D eigenvalue weighted by molar-refractivity contribution is -0.274. The number of carbonyl (C=O) groups excluding carboxylic acids is 1. The summed E-state index contributed by atoms with van der Waals surface area (Å²) in [5, 5.41) is 0.0595. The van der Waals surface area contributed by atoms with Crippen LogP contribution in [0.25, 0.3) is 0 Å². The Labute approximate surface area is 187 Å². The fourth-order valence-electron chi connectivity index (χ4n) is 3.73. The van der Waals surface area contributed by atoms with E-state index in [-0.39, 0.29) is 34.8 Å². The van der Waals surface area contributed by atoms with Crippen molar-refractivity contribution in [3.8, 4) is 5.75 Å². The molecule has 32 heavy (non-hydrogen) atoms. The van der Waals surface area contributed by atoms with Gasteiger partial charge in [-0.3, -0.25) is 4.79 Å². The fourth-order valence-corrected chi connectivity index (χ4v) is 7.66. The number of halogens is 3. The Hall–Kier alpha value is -2.53. The highest BCUT2D eigenvalue weighted by atomic mass is 32.2. The molecule has 2 aliphatic heterocycles. The number of amidine groups is 1. The summed E-state index contributed by atoms with van der Waals surface area (Å²) >= 11 is 1.22. The number of anilines is 1. The summed E-state index contributed by atoms with van der Waals surface area (Å²) in [6.45, 7) is 0. The van der Waals surface area contributed by atoms with Crippen molar-refractivity contribution in [3.63, 3.8) is 0 Å². The highest BCUT2D eigenvalue weighted by Crippen LogP contribution is 2.41. The first-order valence-electron chi connectivity index (χ1n) is 9.77. The molecular weight excluding hydrogens is 465 g/mol. The van der Waals surface area contributed by atoms with Gasteiger partial charge in [0, 0.05) is 17.4 Å². The van der Waals surface area contributed by atoms with Crippen molar-refractivity contribution in [2.45, 2.75) is 30.5 Å². The Kier molecular flexibility index (Phi) is 6.22. The number of hydrogen-bond acceptors (Lipinski definition) is 5. The van der Waals surface area contributed by atoms with Crippen LogP contribution in [0.15, 0.2) is 59.6 Å². The molecular formula is C21H19F3N2O4S2. The van der Waals surface area contributed by atoms with Crippen molar-refractivity contribution < 1.29 is 31.1 Å². The van der Waals surface area contributed by atoms with Crippen LogP contribution in [-0.4, -0.2) is 48.7 Å². The zero-order valence-electron chi connectivity index (χ0n) is 16.7. The summed E-state index contributed by atoms with van der Waals surface area (Å²) in [5.41, 5.74) is 1.45. The molecule has 0 saturated carbocycles. The van der Waals surface area contributed by atoms with Crippen LogP contribution in [0.3, 0.4) is 0 Å². The third kappa shape index (κ3) is 5.44. The molecule has 2 saturated heterocycles. The van der Waals surface area contributed by atoms with Crippen LogP contribution >= 0.6 is 11.8 Å². The SMILES string of the molecule is O=C(CCc1ccccc1)N=C1S[C@@H]2CS(=O)(=O)C[C@H]2N1c1ccc(OC(F)(F)F)cc1. The first-order chi connectivity index (χ1) is 15.1. The van der Waals surface area contributed by atoms with E-state index in [2.05, 4.69) is 9.73 Å². The summed E-state index contributed by atoms with van der Waals surface area (Å²) in [4.78, 5) is 18.4. The molecule has 2 aliphatic rings. The minimum atomic E-state index is -4.81. The summed E-state index contributed by atoms with van der Waals surface area (Å²) in [6.07, 6.45) is -4.10. The second-order valence-electron chi connectivity index (χ2n) is 7.49. The van der Waals surface area contributed by atoms with E-state index in [1.165, 1.54) is 23.9 Å². The number of benzene rings is 2. The van der Waals surface area contributed by atoms with Crippen molar-refractivity contribution in [3.05, 3.63) is 60.2 Å². The third-order valence-corrected chi connectivity index (χ3v) is 8.32. The Morgan fingerprint density at radius 2 is 1.78 bits per heavy atom. The van der Waals surface area contributed by atoms with E-state index in [0.29, 0.717) is 17.3 Å². The molecule has 0 bridgehead atoms. The van der Waals surface area contributed by atoms with Crippen molar-refractivity contribution in [1.82, 2.24) is 0 Å². The average molecular weight is 485 g/mol. The van der Waals surface area contributed by atoms with Crippen LogP contribution in [-0.2, 0) is 21.1 Å².